The number of amides is 1. The van der Waals surface area contributed by atoms with Crippen LogP contribution in [0.3, 0.4) is 0 Å². The number of nitrogens with one attached hydrogen (secondary N) is 1. The van der Waals surface area contributed by atoms with Gasteiger partial charge < -0.3 is 5.32 Å². The van der Waals surface area contributed by atoms with Gasteiger partial charge in [-0.2, -0.15) is 0 Å². The molecule has 26 heavy (non-hydrogen) atoms. The molecular weight excluding hydrogens is 348 g/mol. The summed E-state index contributed by atoms with van der Waals surface area (Å²) >= 11 is 0. The van der Waals surface area contributed by atoms with Crippen LogP contribution in [0.4, 0.5) is 5.69 Å². The van der Waals surface area contributed by atoms with Crippen LogP contribution >= 0.6 is 0 Å². The number of nitrogens with zero attached hydrogens (tertiary/aromatic N) is 1. The second-order valence-electron chi connectivity index (χ2n) is 6.27. The average molecular weight is 375 g/mol. The number of para-hydroxylation sites is 1. The van der Waals surface area contributed by atoms with Gasteiger partial charge in [0.1, 0.15) is 0 Å². The lowest BCUT2D eigenvalue weighted by atomic mass is 10.1. The molecule has 6 heteroatoms. The molecular formula is C20H26N2O3S. The molecule has 1 N–H and O–H groups in total. The van der Waals surface area contributed by atoms with E-state index < -0.39 is 10.0 Å². The van der Waals surface area contributed by atoms with Crippen molar-refractivity contribution >= 4 is 21.6 Å². The van der Waals surface area contributed by atoms with Gasteiger partial charge in [0.2, 0.25) is 0 Å². The summed E-state index contributed by atoms with van der Waals surface area (Å²) in [5, 5.41) is 2.87. The highest BCUT2D eigenvalue weighted by molar-refractivity contribution is 7.92. The number of sulfonamides is 1. The number of carbonyl (C=O) groups excluding carboxylic acids is 1. The van der Waals surface area contributed by atoms with E-state index in [4.69, 9.17) is 0 Å². The zero-order valence-corrected chi connectivity index (χ0v) is 16.3. The summed E-state index contributed by atoms with van der Waals surface area (Å²) in [6, 6.07) is 13.4. The van der Waals surface area contributed by atoms with Crippen LogP contribution in [0, 0.1) is 6.92 Å². The Labute approximate surface area is 156 Å². The lowest BCUT2D eigenvalue weighted by molar-refractivity contribution is 0.0953. The molecule has 0 aliphatic rings. The van der Waals surface area contributed by atoms with Crippen LogP contribution in [-0.4, -0.2) is 27.9 Å². The number of benzene rings is 2. The minimum atomic E-state index is -3.74. The van der Waals surface area contributed by atoms with Crippen molar-refractivity contribution in [1.29, 1.82) is 0 Å². The zero-order chi connectivity index (χ0) is 19.2. The fourth-order valence-electron chi connectivity index (χ4n) is 2.61. The molecule has 0 bridgehead atoms. The summed E-state index contributed by atoms with van der Waals surface area (Å²) in [7, 11) is -2.27. The SMILES string of the molecule is CCCCCNC(=O)c1ccccc1N(C)S(=O)(=O)c1ccc(C)cc1. The zero-order valence-electron chi connectivity index (χ0n) is 15.5. The Morgan fingerprint density at radius 1 is 1.04 bits per heavy atom. The molecule has 0 saturated carbocycles. The van der Waals surface area contributed by atoms with E-state index in [1.807, 2.05) is 6.92 Å². The molecule has 0 saturated heterocycles. The van der Waals surface area contributed by atoms with Crippen LogP contribution in [0.25, 0.3) is 0 Å². The smallest absolute Gasteiger partial charge is 0.264 e. The molecule has 0 spiro atoms. The minimum absolute atomic E-state index is 0.198. The predicted octanol–water partition coefficient (Wildman–Crippen LogP) is 3.74. The molecule has 2 rings (SSSR count). The Hall–Kier alpha value is -2.34. The monoisotopic (exact) mass is 374 g/mol. The van der Waals surface area contributed by atoms with Crippen LogP contribution in [0.5, 0.6) is 0 Å². The van der Waals surface area contributed by atoms with Crippen molar-refractivity contribution in [1.82, 2.24) is 5.32 Å². The molecule has 1 amide bonds. The molecule has 5 nitrogen and oxygen atoms in total. The van der Waals surface area contributed by atoms with E-state index in [9.17, 15) is 13.2 Å². The van der Waals surface area contributed by atoms with Crippen LogP contribution in [-0.2, 0) is 10.0 Å². The van der Waals surface area contributed by atoms with E-state index in [1.54, 1.807) is 48.5 Å². The summed E-state index contributed by atoms with van der Waals surface area (Å²) in [6.07, 6.45) is 3.02. The first-order valence-electron chi connectivity index (χ1n) is 8.80. The number of anilines is 1. The normalized spacial score (nSPS) is 11.2. The van der Waals surface area contributed by atoms with Crippen molar-refractivity contribution in [3.05, 3.63) is 59.7 Å². The number of aryl methyl sites for hydroxylation is 1. The standard InChI is InChI=1S/C20H26N2O3S/c1-4-5-8-15-21-20(23)18-9-6-7-10-19(18)22(3)26(24,25)17-13-11-16(2)12-14-17/h6-7,9-14H,4-5,8,15H2,1-3H3,(H,21,23). The fraction of sp³-hybridized carbons (Fsp3) is 0.350. The first-order chi connectivity index (χ1) is 12.4. The highest BCUT2D eigenvalue weighted by Crippen LogP contribution is 2.25. The Morgan fingerprint density at radius 2 is 1.69 bits per heavy atom. The summed E-state index contributed by atoms with van der Waals surface area (Å²) < 4.78 is 27.0. The van der Waals surface area contributed by atoms with Crippen LogP contribution in [0.15, 0.2) is 53.4 Å². The van der Waals surface area contributed by atoms with Gasteiger partial charge in [-0.25, -0.2) is 8.42 Å². The lowest BCUT2D eigenvalue weighted by Crippen LogP contribution is -2.31. The van der Waals surface area contributed by atoms with Crippen molar-refractivity contribution in [3.63, 3.8) is 0 Å². The molecule has 0 heterocycles. The van der Waals surface area contributed by atoms with Gasteiger partial charge in [0.05, 0.1) is 16.1 Å². The van der Waals surface area contributed by atoms with Crippen molar-refractivity contribution < 1.29 is 13.2 Å². The van der Waals surface area contributed by atoms with E-state index in [0.29, 0.717) is 17.8 Å². The molecule has 0 atom stereocenters. The van der Waals surface area contributed by atoms with E-state index in [0.717, 1.165) is 24.8 Å². The first-order valence-corrected chi connectivity index (χ1v) is 10.2. The van der Waals surface area contributed by atoms with Crippen molar-refractivity contribution in [3.8, 4) is 0 Å². The van der Waals surface area contributed by atoms with Gasteiger partial charge in [-0.15, -0.1) is 0 Å². The van der Waals surface area contributed by atoms with Gasteiger partial charge in [0.25, 0.3) is 15.9 Å². The van der Waals surface area contributed by atoms with Crippen molar-refractivity contribution in [2.75, 3.05) is 17.9 Å². The maximum Gasteiger partial charge on any atom is 0.264 e. The number of hydrogen-bond donors (Lipinski definition) is 1. The summed E-state index contributed by atoms with van der Waals surface area (Å²) in [5.74, 6) is -0.261. The molecule has 0 aliphatic heterocycles. The highest BCUT2D eigenvalue weighted by Gasteiger charge is 2.24. The van der Waals surface area contributed by atoms with Crippen molar-refractivity contribution in [2.45, 2.75) is 38.0 Å². The van der Waals surface area contributed by atoms with Crippen LogP contribution < -0.4 is 9.62 Å². The average Bonchev–Trinajstić information content (AvgIpc) is 2.64. The summed E-state index contributed by atoms with van der Waals surface area (Å²) in [4.78, 5) is 12.7. The van der Waals surface area contributed by atoms with Gasteiger partial charge in [0.15, 0.2) is 0 Å². The summed E-state index contributed by atoms with van der Waals surface area (Å²) in [5.41, 5.74) is 1.70. The van der Waals surface area contributed by atoms with E-state index in [1.165, 1.54) is 11.4 Å². The summed E-state index contributed by atoms with van der Waals surface area (Å²) in [6.45, 7) is 4.58. The van der Waals surface area contributed by atoms with Gasteiger partial charge in [-0.3, -0.25) is 9.10 Å². The molecule has 0 aromatic heterocycles. The van der Waals surface area contributed by atoms with Crippen molar-refractivity contribution in [2.24, 2.45) is 0 Å². The maximum absolute atomic E-state index is 12.9. The molecule has 0 unspecified atom stereocenters. The number of hydrogen-bond acceptors (Lipinski definition) is 3. The number of unbranched alkanes of at least 4 members (excludes halogenated alkanes) is 2. The predicted molar refractivity (Wildman–Crippen MR) is 105 cm³/mol. The molecule has 0 radical (unpaired) electrons. The molecule has 140 valence electrons. The lowest BCUT2D eigenvalue weighted by Gasteiger charge is -2.22. The Bertz CT molecular complexity index is 846. The number of rotatable bonds is 8. The van der Waals surface area contributed by atoms with Gasteiger partial charge in [-0.1, -0.05) is 49.6 Å². The third-order valence-electron chi connectivity index (χ3n) is 4.23. The van der Waals surface area contributed by atoms with Crippen LogP contribution in [0.2, 0.25) is 0 Å². The maximum atomic E-state index is 12.9. The quantitative estimate of drug-likeness (QED) is 0.716. The highest BCUT2D eigenvalue weighted by atomic mass is 32.2. The molecule has 2 aromatic rings. The first kappa shape index (κ1) is 20.0. The van der Waals surface area contributed by atoms with E-state index >= 15 is 0 Å². The molecule has 2 aromatic carbocycles. The third-order valence-corrected chi connectivity index (χ3v) is 6.02. The van der Waals surface area contributed by atoms with Gasteiger partial charge >= 0.3 is 0 Å². The Kier molecular flexibility index (Phi) is 6.80. The number of carbonyl (C=O) groups is 1. The van der Waals surface area contributed by atoms with Gasteiger partial charge in [0, 0.05) is 13.6 Å². The second kappa shape index (κ2) is 8.85. The Morgan fingerprint density at radius 3 is 2.35 bits per heavy atom. The second-order valence-corrected chi connectivity index (χ2v) is 8.24. The van der Waals surface area contributed by atoms with Crippen LogP contribution in [0.1, 0.15) is 42.1 Å². The van der Waals surface area contributed by atoms with E-state index in [2.05, 4.69) is 12.2 Å². The fourth-order valence-corrected chi connectivity index (χ4v) is 3.82. The molecule has 0 fully saturated rings. The third kappa shape index (κ3) is 4.64. The van der Waals surface area contributed by atoms with E-state index in [-0.39, 0.29) is 10.8 Å². The minimum Gasteiger partial charge on any atom is -0.352 e. The molecule has 0 aliphatic carbocycles. The largest absolute Gasteiger partial charge is 0.352 e. The van der Waals surface area contributed by atoms with Gasteiger partial charge in [-0.05, 0) is 37.6 Å². The topological polar surface area (TPSA) is 66.5 Å². The Balaban J connectivity index is 2.27.